The summed E-state index contributed by atoms with van der Waals surface area (Å²) in [5, 5.41) is 0. The van der Waals surface area contributed by atoms with E-state index in [-0.39, 0.29) is 11.8 Å². The zero-order valence-corrected chi connectivity index (χ0v) is 16.5. The lowest BCUT2D eigenvalue weighted by molar-refractivity contribution is -0.166. The second-order valence-electron chi connectivity index (χ2n) is 8.40. The lowest BCUT2D eigenvalue weighted by atomic mass is 9.93. The second-order valence-corrected chi connectivity index (χ2v) is 8.40. The smallest absolute Gasteiger partial charge is 0.323 e. The SMILES string of the molecule is CC(C)C(N)C(=O)OC(C)(C)CCC(C)(C)OC(=O)C(N)C(C)C. The summed E-state index contributed by atoms with van der Waals surface area (Å²) < 4.78 is 11.0. The number of esters is 2. The molecule has 0 fully saturated rings. The van der Waals surface area contributed by atoms with Crippen molar-refractivity contribution in [2.45, 2.75) is 91.5 Å². The maximum atomic E-state index is 12.0. The second kappa shape index (κ2) is 8.81. The van der Waals surface area contributed by atoms with Crippen LogP contribution in [0.2, 0.25) is 0 Å². The molecule has 0 aromatic rings. The van der Waals surface area contributed by atoms with Crippen molar-refractivity contribution in [3.05, 3.63) is 0 Å². The minimum Gasteiger partial charge on any atom is -0.459 e. The van der Waals surface area contributed by atoms with Gasteiger partial charge in [-0.2, -0.15) is 0 Å². The van der Waals surface area contributed by atoms with Gasteiger partial charge in [-0.05, 0) is 52.4 Å². The summed E-state index contributed by atoms with van der Waals surface area (Å²) in [5.74, 6) is -0.787. The summed E-state index contributed by atoms with van der Waals surface area (Å²) in [6.45, 7) is 14.8. The number of ether oxygens (including phenoxy) is 2. The molecule has 4 N–H and O–H groups in total. The summed E-state index contributed by atoms with van der Waals surface area (Å²) in [6.07, 6.45) is 1.08. The summed E-state index contributed by atoms with van der Waals surface area (Å²) in [6, 6.07) is -1.28. The Hall–Kier alpha value is -1.14. The monoisotopic (exact) mass is 344 g/mol. The molecule has 142 valence electrons. The molecule has 0 aromatic carbocycles. The molecular weight excluding hydrogens is 308 g/mol. The Morgan fingerprint density at radius 1 is 0.750 bits per heavy atom. The minimum absolute atomic E-state index is 0.0169. The van der Waals surface area contributed by atoms with Crippen LogP contribution in [-0.2, 0) is 19.1 Å². The van der Waals surface area contributed by atoms with Crippen molar-refractivity contribution >= 4 is 11.9 Å². The van der Waals surface area contributed by atoms with E-state index >= 15 is 0 Å². The molecule has 0 radical (unpaired) electrons. The van der Waals surface area contributed by atoms with Gasteiger partial charge in [0.15, 0.2) is 0 Å². The predicted octanol–water partition coefficient (Wildman–Crippen LogP) is 2.38. The van der Waals surface area contributed by atoms with Gasteiger partial charge in [0.25, 0.3) is 0 Å². The van der Waals surface area contributed by atoms with Gasteiger partial charge in [0, 0.05) is 0 Å². The van der Waals surface area contributed by atoms with E-state index in [9.17, 15) is 9.59 Å². The van der Waals surface area contributed by atoms with Crippen LogP contribution < -0.4 is 11.5 Å². The topological polar surface area (TPSA) is 105 Å². The van der Waals surface area contributed by atoms with E-state index in [0.717, 1.165) is 0 Å². The van der Waals surface area contributed by atoms with Gasteiger partial charge in [0.05, 0.1) is 0 Å². The maximum absolute atomic E-state index is 12.0. The Kier molecular flexibility index (Phi) is 8.39. The highest BCUT2D eigenvalue weighted by Gasteiger charge is 2.33. The summed E-state index contributed by atoms with van der Waals surface area (Å²) >= 11 is 0. The molecule has 0 saturated heterocycles. The first kappa shape index (κ1) is 22.9. The molecule has 0 saturated carbocycles. The Labute approximate surface area is 146 Å². The van der Waals surface area contributed by atoms with Gasteiger partial charge in [-0.15, -0.1) is 0 Å². The molecule has 0 bridgehead atoms. The van der Waals surface area contributed by atoms with Crippen LogP contribution in [0.15, 0.2) is 0 Å². The normalized spacial score (nSPS) is 15.3. The van der Waals surface area contributed by atoms with Gasteiger partial charge in [0.1, 0.15) is 23.3 Å². The fourth-order valence-corrected chi connectivity index (χ4v) is 1.93. The van der Waals surface area contributed by atoms with E-state index in [0.29, 0.717) is 12.8 Å². The fourth-order valence-electron chi connectivity index (χ4n) is 1.93. The fraction of sp³-hybridized carbons (Fsp3) is 0.889. The third-order valence-electron chi connectivity index (χ3n) is 4.06. The minimum atomic E-state index is -0.687. The van der Waals surface area contributed by atoms with Crippen LogP contribution in [0.4, 0.5) is 0 Å². The highest BCUT2D eigenvalue weighted by Crippen LogP contribution is 2.26. The van der Waals surface area contributed by atoms with Crippen molar-refractivity contribution in [1.82, 2.24) is 0 Å². The number of rotatable bonds is 9. The summed E-state index contributed by atoms with van der Waals surface area (Å²) in [4.78, 5) is 24.0. The Bertz CT molecular complexity index is 391. The Morgan fingerprint density at radius 3 is 1.21 bits per heavy atom. The largest absolute Gasteiger partial charge is 0.459 e. The highest BCUT2D eigenvalue weighted by atomic mass is 16.6. The molecule has 2 atom stereocenters. The van der Waals surface area contributed by atoms with Crippen LogP contribution in [0.1, 0.15) is 68.2 Å². The van der Waals surface area contributed by atoms with Crippen molar-refractivity contribution in [3.8, 4) is 0 Å². The van der Waals surface area contributed by atoms with Gasteiger partial charge in [-0.25, -0.2) is 0 Å². The molecule has 6 nitrogen and oxygen atoms in total. The van der Waals surface area contributed by atoms with Gasteiger partial charge < -0.3 is 20.9 Å². The predicted molar refractivity (Wildman–Crippen MR) is 95.2 cm³/mol. The van der Waals surface area contributed by atoms with E-state index in [1.807, 2.05) is 55.4 Å². The lowest BCUT2D eigenvalue weighted by Gasteiger charge is -2.33. The Morgan fingerprint density at radius 2 is 1.00 bits per heavy atom. The van der Waals surface area contributed by atoms with Crippen LogP contribution >= 0.6 is 0 Å². The van der Waals surface area contributed by atoms with Crippen molar-refractivity contribution < 1.29 is 19.1 Å². The van der Waals surface area contributed by atoms with Crippen LogP contribution in [-0.4, -0.2) is 35.2 Å². The van der Waals surface area contributed by atoms with Crippen LogP contribution in [0, 0.1) is 11.8 Å². The molecule has 0 aliphatic carbocycles. The standard InChI is InChI=1S/C18H36N2O4/c1-11(2)13(19)15(21)23-17(5,6)9-10-18(7,8)24-16(22)14(20)12(3)4/h11-14H,9-10,19-20H2,1-8H3. The zero-order valence-electron chi connectivity index (χ0n) is 16.5. The molecule has 6 heteroatoms. The summed E-state index contributed by atoms with van der Waals surface area (Å²) in [7, 11) is 0. The molecule has 0 aliphatic heterocycles. The number of carbonyl (C=O) groups excluding carboxylic acids is 2. The van der Waals surface area contributed by atoms with Crippen molar-refractivity contribution in [2.75, 3.05) is 0 Å². The van der Waals surface area contributed by atoms with Gasteiger partial charge in [-0.3, -0.25) is 9.59 Å². The maximum Gasteiger partial charge on any atom is 0.323 e. The average Bonchev–Trinajstić information content (AvgIpc) is 2.42. The van der Waals surface area contributed by atoms with E-state index in [1.165, 1.54) is 0 Å². The first-order valence-corrected chi connectivity index (χ1v) is 8.65. The van der Waals surface area contributed by atoms with Crippen LogP contribution in [0.3, 0.4) is 0 Å². The van der Waals surface area contributed by atoms with E-state index in [4.69, 9.17) is 20.9 Å². The zero-order chi connectivity index (χ0) is 19.3. The number of nitrogens with two attached hydrogens (primary N) is 2. The third-order valence-corrected chi connectivity index (χ3v) is 4.06. The highest BCUT2D eigenvalue weighted by molar-refractivity contribution is 5.76. The van der Waals surface area contributed by atoms with Crippen LogP contribution in [0.25, 0.3) is 0 Å². The van der Waals surface area contributed by atoms with Crippen molar-refractivity contribution in [1.29, 1.82) is 0 Å². The lowest BCUT2D eigenvalue weighted by Crippen LogP contribution is -2.44. The van der Waals surface area contributed by atoms with Gasteiger partial charge in [-0.1, -0.05) is 27.7 Å². The molecular formula is C18H36N2O4. The van der Waals surface area contributed by atoms with Gasteiger partial charge >= 0.3 is 11.9 Å². The number of hydrogen-bond donors (Lipinski definition) is 2. The molecule has 24 heavy (non-hydrogen) atoms. The molecule has 0 aliphatic rings. The molecule has 0 rings (SSSR count). The van der Waals surface area contributed by atoms with E-state index in [2.05, 4.69) is 0 Å². The first-order chi connectivity index (χ1) is 10.7. The van der Waals surface area contributed by atoms with E-state index < -0.39 is 35.2 Å². The Balaban J connectivity index is 4.62. The summed E-state index contributed by atoms with van der Waals surface area (Å²) in [5.41, 5.74) is 10.3. The molecule has 0 heterocycles. The van der Waals surface area contributed by atoms with Crippen molar-refractivity contribution in [3.63, 3.8) is 0 Å². The quantitative estimate of drug-likeness (QED) is 0.622. The number of hydrogen-bond acceptors (Lipinski definition) is 6. The van der Waals surface area contributed by atoms with Gasteiger partial charge in [0.2, 0.25) is 0 Å². The van der Waals surface area contributed by atoms with E-state index in [1.54, 1.807) is 0 Å². The van der Waals surface area contributed by atoms with Crippen molar-refractivity contribution in [2.24, 2.45) is 23.3 Å². The molecule has 0 spiro atoms. The molecule has 0 amide bonds. The third kappa shape index (κ3) is 8.11. The first-order valence-electron chi connectivity index (χ1n) is 8.65. The average molecular weight is 344 g/mol. The molecule has 0 aromatic heterocycles. The molecule has 2 unspecified atom stereocenters. The van der Waals surface area contributed by atoms with Crippen LogP contribution in [0.5, 0.6) is 0 Å². The number of carbonyl (C=O) groups is 2.